The van der Waals surface area contributed by atoms with E-state index in [0.29, 0.717) is 25.8 Å². The molecular weight excluding hydrogens is 356 g/mol. The van der Waals surface area contributed by atoms with Gasteiger partial charge in [-0.3, -0.25) is 0 Å². The maximum atomic E-state index is 5.81. The number of fused-ring (bicyclic) bond motifs is 1. The molecule has 8 heteroatoms. The first-order valence-electron chi connectivity index (χ1n) is 10.0. The summed E-state index contributed by atoms with van der Waals surface area (Å²) in [5, 5.41) is 15.3. The summed E-state index contributed by atoms with van der Waals surface area (Å²) >= 11 is 0. The van der Waals surface area contributed by atoms with Crippen molar-refractivity contribution in [2.75, 3.05) is 18.5 Å². The number of guanidine groups is 1. The highest BCUT2D eigenvalue weighted by atomic mass is 16.5. The lowest BCUT2D eigenvalue weighted by molar-refractivity contribution is 0.297. The van der Waals surface area contributed by atoms with Gasteiger partial charge >= 0.3 is 0 Å². The highest BCUT2D eigenvalue weighted by molar-refractivity contribution is 5.94. The highest BCUT2D eigenvalue weighted by Gasteiger charge is 2.17. The van der Waals surface area contributed by atoms with E-state index in [9.17, 15) is 0 Å². The van der Waals surface area contributed by atoms with Gasteiger partial charge in [0.1, 0.15) is 12.4 Å². The largest absolute Gasteiger partial charge is 0.490 e. The first kappa shape index (κ1) is 18.6. The van der Waals surface area contributed by atoms with E-state index >= 15 is 0 Å². The van der Waals surface area contributed by atoms with E-state index in [4.69, 9.17) is 14.5 Å². The van der Waals surface area contributed by atoms with Gasteiger partial charge in [0.25, 0.3) is 0 Å². The van der Waals surface area contributed by atoms with E-state index in [1.54, 1.807) is 0 Å². The average Bonchev–Trinajstić information content (AvgIpc) is 3.24. The lowest BCUT2D eigenvalue weighted by atomic mass is 10.2. The van der Waals surface area contributed by atoms with Crippen molar-refractivity contribution in [1.29, 1.82) is 0 Å². The molecule has 1 aliphatic heterocycles. The van der Waals surface area contributed by atoms with Gasteiger partial charge in [0.05, 0.1) is 13.2 Å². The monoisotopic (exact) mass is 384 g/mol. The zero-order valence-corrected chi connectivity index (χ0v) is 16.6. The molecule has 1 fully saturated rings. The Labute approximate surface area is 165 Å². The molecule has 150 valence electrons. The summed E-state index contributed by atoms with van der Waals surface area (Å²) in [7, 11) is 1.96. The molecule has 0 amide bonds. The Balaban J connectivity index is 1.52. The molecule has 8 nitrogen and oxygen atoms in total. The minimum absolute atomic E-state index is 0.452. The van der Waals surface area contributed by atoms with Crippen LogP contribution in [0.4, 0.5) is 5.69 Å². The van der Waals surface area contributed by atoms with Crippen LogP contribution in [0.1, 0.15) is 43.8 Å². The molecule has 28 heavy (non-hydrogen) atoms. The summed E-state index contributed by atoms with van der Waals surface area (Å²) in [6.45, 7) is 3.76. The number of rotatable bonds is 4. The van der Waals surface area contributed by atoms with Crippen LogP contribution in [0.2, 0.25) is 0 Å². The predicted molar refractivity (Wildman–Crippen MR) is 108 cm³/mol. The Bertz CT molecular complexity index is 841. The molecule has 1 aromatic carbocycles. The summed E-state index contributed by atoms with van der Waals surface area (Å²) in [4.78, 5) is 4.76. The number of ether oxygens (including phenoxy) is 2. The molecule has 2 N–H and O–H groups in total. The summed E-state index contributed by atoms with van der Waals surface area (Å²) in [6, 6.07) is 6.36. The summed E-state index contributed by atoms with van der Waals surface area (Å²) < 4.78 is 13.5. The molecular formula is C20H28N6O2. The summed E-state index contributed by atoms with van der Waals surface area (Å²) in [6.07, 6.45) is 5.76. The van der Waals surface area contributed by atoms with Crippen molar-refractivity contribution in [2.24, 2.45) is 12.0 Å². The summed E-state index contributed by atoms with van der Waals surface area (Å²) in [5.74, 6) is 4.03. The molecule has 0 saturated heterocycles. The van der Waals surface area contributed by atoms with Gasteiger partial charge in [-0.15, -0.1) is 10.2 Å². The summed E-state index contributed by atoms with van der Waals surface area (Å²) in [5.41, 5.74) is 0.919. The van der Waals surface area contributed by atoms with E-state index in [1.165, 1.54) is 25.7 Å². The molecule has 0 spiro atoms. The Kier molecular flexibility index (Phi) is 5.64. The number of nitrogens with zero attached hydrogens (tertiary/aromatic N) is 4. The standard InChI is InChI=1S/C20H28N6O2/c1-14-24-25-19(26(14)2)13-21-20(22-15-6-3-4-7-15)23-16-8-9-17-18(12-16)28-11-5-10-27-17/h8-9,12,15H,3-7,10-11,13H2,1-2H3,(H2,21,22,23). The number of benzene rings is 1. The maximum Gasteiger partial charge on any atom is 0.196 e. The van der Waals surface area contributed by atoms with Crippen LogP contribution in [0.25, 0.3) is 0 Å². The zero-order valence-electron chi connectivity index (χ0n) is 16.6. The molecule has 0 bridgehead atoms. The van der Waals surface area contributed by atoms with E-state index in [1.807, 2.05) is 36.7 Å². The highest BCUT2D eigenvalue weighted by Crippen LogP contribution is 2.32. The van der Waals surface area contributed by atoms with Crippen molar-refractivity contribution >= 4 is 11.6 Å². The van der Waals surface area contributed by atoms with Crippen molar-refractivity contribution in [1.82, 2.24) is 20.1 Å². The van der Waals surface area contributed by atoms with Gasteiger partial charge in [-0.05, 0) is 31.9 Å². The second kappa shape index (κ2) is 8.50. The lowest BCUT2D eigenvalue weighted by Gasteiger charge is -2.18. The number of hydrogen-bond acceptors (Lipinski definition) is 5. The van der Waals surface area contributed by atoms with E-state index < -0.39 is 0 Å². The number of aromatic nitrogens is 3. The second-order valence-electron chi connectivity index (χ2n) is 7.35. The molecule has 2 heterocycles. The third-order valence-corrected chi connectivity index (χ3v) is 5.27. The van der Waals surface area contributed by atoms with Gasteiger partial charge in [-0.2, -0.15) is 0 Å². The van der Waals surface area contributed by atoms with Crippen molar-refractivity contribution in [2.45, 2.75) is 51.6 Å². The van der Waals surface area contributed by atoms with Crippen LogP contribution >= 0.6 is 0 Å². The minimum atomic E-state index is 0.452. The fraction of sp³-hybridized carbons (Fsp3) is 0.550. The normalized spacial score (nSPS) is 17.4. The van der Waals surface area contributed by atoms with E-state index in [2.05, 4.69) is 20.8 Å². The van der Waals surface area contributed by atoms with Gasteiger partial charge in [0.2, 0.25) is 0 Å². The van der Waals surface area contributed by atoms with Crippen LogP contribution in [0.3, 0.4) is 0 Å². The van der Waals surface area contributed by atoms with Gasteiger partial charge in [0.15, 0.2) is 23.3 Å². The smallest absolute Gasteiger partial charge is 0.196 e. The molecule has 1 aromatic heterocycles. The second-order valence-corrected chi connectivity index (χ2v) is 7.35. The van der Waals surface area contributed by atoms with Gasteiger partial charge in [0, 0.05) is 31.3 Å². The van der Waals surface area contributed by atoms with Crippen LogP contribution in [0, 0.1) is 6.92 Å². The van der Waals surface area contributed by atoms with Crippen LogP contribution in [0.5, 0.6) is 11.5 Å². The topological polar surface area (TPSA) is 85.6 Å². The van der Waals surface area contributed by atoms with Crippen LogP contribution in [0.15, 0.2) is 23.2 Å². The van der Waals surface area contributed by atoms with Gasteiger partial charge in [-0.25, -0.2) is 4.99 Å². The van der Waals surface area contributed by atoms with E-state index in [-0.39, 0.29) is 0 Å². The third-order valence-electron chi connectivity index (χ3n) is 5.27. The minimum Gasteiger partial charge on any atom is -0.490 e. The van der Waals surface area contributed by atoms with Gasteiger partial charge in [-0.1, -0.05) is 12.8 Å². The maximum absolute atomic E-state index is 5.81. The van der Waals surface area contributed by atoms with Gasteiger partial charge < -0.3 is 24.7 Å². The van der Waals surface area contributed by atoms with Crippen molar-refractivity contribution in [3.63, 3.8) is 0 Å². The first-order chi connectivity index (χ1) is 13.7. The Morgan fingerprint density at radius 2 is 1.93 bits per heavy atom. The SMILES string of the molecule is Cc1nnc(CN=C(Nc2ccc3c(c2)OCCCO3)NC2CCCC2)n1C. The average molecular weight is 384 g/mol. The molecule has 2 aromatic rings. The zero-order chi connectivity index (χ0) is 19.3. The fourth-order valence-electron chi connectivity index (χ4n) is 3.50. The van der Waals surface area contributed by atoms with E-state index in [0.717, 1.165) is 41.2 Å². The van der Waals surface area contributed by atoms with Crippen molar-refractivity contribution in [3.05, 3.63) is 29.8 Å². The molecule has 0 unspecified atom stereocenters. The molecule has 0 radical (unpaired) electrons. The Morgan fingerprint density at radius 3 is 2.68 bits per heavy atom. The molecule has 1 saturated carbocycles. The van der Waals surface area contributed by atoms with Crippen molar-refractivity contribution in [3.8, 4) is 11.5 Å². The number of hydrogen-bond donors (Lipinski definition) is 2. The Morgan fingerprint density at radius 1 is 1.14 bits per heavy atom. The number of aryl methyl sites for hydroxylation is 1. The number of anilines is 1. The quantitative estimate of drug-likeness (QED) is 0.623. The first-order valence-corrected chi connectivity index (χ1v) is 10.0. The predicted octanol–water partition coefficient (Wildman–Crippen LogP) is 2.79. The number of nitrogens with one attached hydrogen (secondary N) is 2. The molecule has 2 aliphatic rings. The van der Waals surface area contributed by atoms with Crippen LogP contribution < -0.4 is 20.1 Å². The molecule has 4 rings (SSSR count). The van der Waals surface area contributed by atoms with Crippen molar-refractivity contribution < 1.29 is 9.47 Å². The van der Waals surface area contributed by atoms with Crippen LogP contribution in [-0.2, 0) is 13.6 Å². The number of aliphatic imine (C=N–C) groups is 1. The van der Waals surface area contributed by atoms with Crippen LogP contribution in [-0.4, -0.2) is 40.0 Å². The fourth-order valence-corrected chi connectivity index (χ4v) is 3.50. The Hall–Kier alpha value is -2.77. The molecule has 1 aliphatic carbocycles. The third kappa shape index (κ3) is 4.37. The molecule has 0 atom stereocenters. The lowest BCUT2D eigenvalue weighted by Crippen LogP contribution is -2.37.